The quantitative estimate of drug-likeness (QED) is 0.755. The second-order valence-electron chi connectivity index (χ2n) is 5.67. The van der Waals surface area contributed by atoms with Gasteiger partial charge in [0.05, 0.1) is 0 Å². The van der Waals surface area contributed by atoms with Crippen LogP contribution >= 0.6 is 11.6 Å². The van der Waals surface area contributed by atoms with Crippen molar-refractivity contribution in [3.63, 3.8) is 0 Å². The van der Waals surface area contributed by atoms with Crippen LogP contribution in [0.4, 0.5) is 5.82 Å². The molecule has 0 amide bonds. The Morgan fingerprint density at radius 1 is 1.18 bits per heavy atom. The molecule has 90 valence electrons. The molecule has 0 spiro atoms. The van der Waals surface area contributed by atoms with Gasteiger partial charge in [-0.05, 0) is 38.0 Å². The molecule has 0 N–H and O–H groups in total. The number of rotatable bonds is 2. The molecule has 2 heterocycles. The molecule has 3 nitrogen and oxygen atoms in total. The number of hydrogen-bond donors (Lipinski definition) is 0. The Balaban J connectivity index is 1.68. The Morgan fingerprint density at radius 3 is 2.71 bits per heavy atom. The first-order valence-electron chi connectivity index (χ1n) is 6.61. The third-order valence-corrected chi connectivity index (χ3v) is 4.54. The highest BCUT2D eigenvalue weighted by Gasteiger charge is 2.39. The average Bonchev–Trinajstić information content (AvgIpc) is 2.97. The van der Waals surface area contributed by atoms with Gasteiger partial charge < -0.3 is 4.90 Å². The first-order chi connectivity index (χ1) is 8.29. The Labute approximate surface area is 106 Å². The lowest BCUT2D eigenvalue weighted by molar-refractivity contribution is 0.549. The van der Waals surface area contributed by atoms with Crippen LogP contribution in [0.1, 0.15) is 43.8 Å². The lowest BCUT2D eigenvalue weighted by Crippen LogP contribution is -2.32. The summed E-state index contributed by atoms with van der Waals surface area (Å²) in [4.78, 5) is 11.5. The van der Waals surface area contributed by atoms with Gasteiger partial charge in [0.2, 0.25) is 0 Å². The minimum atomic E-state index is 0.576. The van der Waals surface area contributed by atoms with Gasteiger partial charge in [-0.3, -0.25) is 0 Å². The molecule has 1 aromatic heterocycles. The molecule has 0 aromatic carbocycles. The summed E-state index contributed by atoms with van der Waals surface area (Å²) in [6, 6.07) is 2.65. The molecule has 2 bridgehead atoms. The van der Waals surface area contributed by atoms with Crippen molar-refractivity contribution in [2.45, 2.75) is 44.1 Å². The maximum absolute atomic E-state index is 6.12. The molecule has 3 fully saturated rings. The molecule has 3 aliphatic rings. The van der Waals surface area contributed by atoms with Gasteiger partial charge in [-0.25, -0.2) is 9.97 Å². The smallest absolute Gasteiger partial charge is 0.135 e. The van der Waals surface area contributed by atoms with E-state index < -0.39 is 0 Å². The normalized spacial score (nSPS) is 31.2. The van der Waals surface area contributed by atoms with Gasteiger partial charge in [0, 0.05) is 24.6 Å². The molecule has 1 saturated heterocycles. The van der Waals surface area contributed by atoms with E-state index in [1.54, 1.807) is 0 Å². The van der Waals surface area contributed by atoms with Crippen molar-refractivity contribution in [1.82, 2.24) is 9.97 Å². The highest BCUT2D eigenvalue weighted by Crippen LogP contribution is 2.42. The van der Waals surface area contributed by atoms with Crippen LogP contribution < -0.4 is 4.90 Å². The topological polar surface area (TPSA) is 29.0 Å². The van der Waals surface area contributed by atoms with E-state index in [1.807, 2.05) is 6.07 Å². The summed E-state index contributed by atoms with van der Waals surface area (Å²) in [6.07, 6.45) is 6.53. The number of hydrogen-bond acceptors (Lipinski definition) is 3. The number of fused-ring (bicyclic) bond motifs is 2. The van der Waals surface area contributed by atoms with E-state index in [-0.39, 0.29) is 0 Å². The molecule has 4 rings (SSSR count). The Hall–Kier alpha value is -0.830. The van der Waals surface area contributed by atoms with E-state index in [2.05, 4.69) is 9.88 Å². The zero-order valence-corrected chi connectivity index (χ0v) is 10.5. The van der Waals surface area contributed by atoms with Crippen LogP contribution in [0.2, 0.25) is 5.15 Å². The van der Waals surface area contributed by atoms with Gasteiger partial charge in [-0.1, -0.05) is 11.6 Å². The summed E-state index contributed by atoms with van der Waals surface area (Å²) < 4.78 is 0. The monoisotopic (exact) mass is 249 g/mol. The van der Waals surface area contributed by atoms with E-state index in [0.717, 1.165) is 17.6 Å². The molecule has 1 aliphatic heterocycles. The van der Waals surface area contributed by atoms with E-state index in [4.69, 9.17) is 16.6 Å². The minimum absolute atomic E-state index is 0.576. The predicted octanol–water partition coefficient (Wildman–Crippen LogP) is 3.00. The number of piperidine rings is 1. The second kappa shape index (κ2) is 3.58. The summed E-state index contributed by atoms with van der Waals surface area (Å²) >= 11 is 6.12. The fraction of sp³-hybridized carbons (Fsp3) is 0.692. The standard InChI is InChI=1S/C13H16ClN3/c14-11-6-12(16-13(15-11)9-2-3-9)17-7-8-1-4-10(17)5-8/h6,8-10H,1-5,7H2. The third-order valence-electron chi connectivity index (χ3n) is 4.34. The molecule has 1 aromatic rings. The summed E-state index contributed by atoms with van der Waals surface area (Å²) in [6.45, 7) is 1.17. The zero-order valence-electron chi connectivity index (χ0n) is 9.77. The highest BCUT2D eigenvalue weighted by atomic mass is 35.5. The molecule has 2 unspecified atom stereocenters. The predicted molar refractivity (Wildman–Crippen MR) is 67.5 cm³/mol. The van der Waals surface area contributed by atoms with Gasteiger partial charge in [-0.15, -0.1) is 0 Å². The zero-order chi connectivity index (χ0) is 11.4. The molecule has 2 aliphatic carbocycles. The first-order valence-corrected chi connectivity index (χ1v) is 6.98. The molecule has 2 atom stereocenters. The van der Waals surface area contributed by atoms with Crippen LogP contribution in [0.3, 0.4) is 0 Å². The molecular weight excluding hydrogens is 234 g/mol. The van der Waals surface area contributed by atoms with Gasteiger partial charge in [-0.2, -0.15) is 0 Å². The van der Waals surface area contributed by atoms with E-state index in [1.165, 1.54) is 38.6 Å². The van der Waals surface area contributed by atoms with Crippen LogP contribution in [-0.2, 0) is 0 Å². The molecule has 17 heavy (non-hydrogen) atoms. The fourth-order valence-electron chi connectivity index (χ4n) is 3.30. The summed E-state index contributed by atoms with van der Waals surface area (Å²) in [5.74, 6) is 3.50. The summed E-state index contributed by atoms with van der Waals surface area (Å²) in [7, 11) is 0. The van der Waals surface area contributed by atoms with Gasteiger partial charge in [0.1, 0.15) is 16.8 Å². The highest BCUT2D eigenvalue weighted by molar-refractivity contribution is 6.29. The molecule has 2 saturated carbocycles. The number of aromatic nitrogens is 2. The third kappa shape index (κ3) is 1.71. The van der Waals surface area contributed by atoms with Crippen LogP contribution in [0.25, 0.3) is 0 Å². The SMILES string of the molecule is Clc1cc(N2CC3CCC2C3)nc(C2CC2)n1. The van der Waals surface area contributed by atoms with Crippen molar-refractivity contribution in [2.75, 3.05) is 11.4 Å². The van der Waals surface area contributed by atoms with Crippen molar-refractivity contribution in [2.24, 2.45) is 5.92 Å². The van der Waals surface area contributed by atoms with Crippen molar-refractivity contribution < 1.29 is 0 Å². The Bertz CT molecular complexity index is 458. The number of anilines is 1. The van der Waals surface area contributed by atoms with E-state index in [9.17, 15) is 0 Å². The number of nitrogens with zero attached hydrogens (tertiary/aromatic N) is 3. The Morgan fingerprint density at radius 2 is 2.06 bits per heavy atom. The van der Waals surface area contributed by atoms with Gasteiger partial charge in [0.15, 0.2) is 0 Å². The largest absolute Gasteiger partial charge is 0.353 e. The van der Waals surface area contributed by atoms with Gasteiger partial charge in [0.25, 0.3) is 0 Å². The maximum Gasteiger partial charge on any atom is 0.135 e. The lowest BCUT2D eigenvalue weighted by atomic mass is 10.1. The maximum atomic E-state index is 6.12. The van der Waals surface area contributed by atoms with Crippen molar-refractivity contribution in [1.29, 1.82) is 0 Å². The van der Waals surface area contributed by atoms with Crippen LogP contribution in [0.5, 0.6) is 0 Å². The fourth-order valence-corrected chi connectivity index (χ4v) is 3.48. The lowest BCUT2D eigenvalue weighted by Gasteiger charge is -2.28. The number of halogens is 1. The minimum Gasteiger partial charge on any atom is -0.353 e. The summed E-state index contributed by atoms with van der Waals surface area (Å²) in [5, 5.41) is 0.611. The van der Waals surface area contributed by atoms with Gasteiger partial charge >= 0.3 is 0 Å². The average molecular weight is 250 g/mol. The summed E-state index contributed by atoms with van der Waals surface area (Å²) in [5.41, 5.74) is 0. The molecule has 0 radical (unpaired) electrons. The van der Waals surface area contributed by atoms with Crippen molar-refractivity contribution >= 4 is 17.4 Å². The second-order valence-corrected chi connectivity index (χ2v) is 6.05. The van der Waals surface area contributed by atoms with Crippen LogP contribution in [-0.4, -0.2) is 22.6 Å². The van der Waals surface area contributed by atoms with Crippen LogP contribution in [0, 0.1) is 5.92 Å². The Kier molecular flexibility index (Phi) is 2.13. The molecule has 4 heteroatoms. The van der Waals surface area contributed by atoms with E-state index >= 15 is 0 Å². The van der Waals surface area contributed by atoms with Crippen molar-refractivity contribution in [3.05, 3.63) is 17.0 Å². The molecular formula is C13H16ClN3. The van der Waals surface area contributed by atoms with E-state index in [0.29, 0.717) is 17.1 Å². The first kappa shape index (κ1) is 10.1. The van der Waals surface area contributed by atoms with Crippen molar-refractivity contribution in [3.8, 4) is 0 Å². The van der Waals surface area contributed by atoms with Crippen LogP contribution in [0.15, 0.2) is 6.07 Å².